The van der Waals surface area contributed by atoms with E-state index >= 15 is 0 Å². The zero-order valence-corrected chi connectivity index (χ0v) is 11.3. The largest absolute Gasteiger partial charge is 0.417 e. The number of aliphatic hydroxyl groups excluding tert-OH is 1. The normalized spacial score (nSPS) is 20.5. The minimum Gasteiger partial charge on any atom is -0.391 e. The van der Waals surface area contributed by atoms with Crippen LogP contribution in [-0.2, 0) is 4.79 Å². The second-order valence-electron chi connectivity index (χ2n) is 5.00. The molecule has 114 valence electrons. The van der Waals surface area contributed by atoms with Crippen molar-refractivity contribution >= 4 is 11.5 Å². The van der Waals surface area contributed by atoms with Crippen molar-refractivity contribution in [3.8, 4) is 0 Å². The van der Waals surface area contributed by atoms with Crippen LogP contribution in [0.3, 0.4) is 0 Å². The van der Waals surface area contributed by atoms with Gasteiger partial charge >= 0.3 is 6.18 Å². The van der Waals surface area contributed by atoms with E-state index in [1.54, 1.807) is 6.07 Å². The number of aliphatic hydroxyl groups is 1. The van der Waals surface area contributed by atoms with Crippen molar-refractivity contribution in [2.75, 3.05) is 13.1 Å². The Morgan fingerprint density at radius 3 is 2.52 bits per heavy atom. The zero-order chi connectivity index (χ0) is 15.5. The molecule has 1 aromatic carbocycles. The van der Waals surface area contributed by atoms with Crippen LogP contribution in [-0.4, -0.2) is 41.3 Å². The van der Waals surface area contributed by atoms with Crippen molar-refractivity contribution in [3.05, 3.63) is 42.0 Å². The first kappa shape index (κ1) is 15.6. The fourth-order valence-corrected chi connectivity index (χ4v) is 2.32. The first-order chi connectivity index (χ1) is 9.88. The summed E-state index contributed by atoms with van der Waals surface area (Å²) >= 11 is 0. The van der Waals surface area contributed by atoms with Crippen LogP contribution in [0.2, 0.25) is 0 Å². The minimum absolute atomic E-state index is 0.0455. The van der Waals surface area contributed by atoms with Gasteiger partial charge in [0.2, 0.25) is 5.91 Å². The number of hydrogen-bond acceptors (Lipinski definition) is 2. The van der Waals surface area contributed by atoms with Crippen LogP contribution in [0.25, 0.3) is 5.57 Å². The number of rotatable bonds is 2. The van der Waals surface area contributed by atoms with Crippen LogP contribution in [0.15, 0.2) is 36.4 Å². The molecule has 0 radical (unpaired) electrons. The molecular weight excluding hydrogens is 283 g/mol. The Morgan fingerprint density at radius 2 is 1.95 bits per heavy atom. The lowest BCUT2D eigenvalue weighted by Crippen LogP contribution is -2.41. The Bertz CT molecular complexity index is 525. The molecule has 1 aliphatic heterocycles. The Balaban J connectivity index is 2.26. The summed E-state index contributed by atoms with van der Waals surface area (Å²) in [7, 11) is 0. The third kappa shape index (κ3) is 4.07. The lowest BCUT2D eigenvalue weighted by Gasteiger charge is -2.29. The molecule has 1 atom stereocenters. The highest BCUT2D eigenvalue weighted by atomic mass is 19.4. The minimum atomic E-state index is -4.61. The van der Waals surface area contributed by atoms with Gasteiger partial charge in [-0.1, -0.05) is 30.3 Å². The number of carbonyl (C=O) groups excluding carboxylic acids is 1. The van der Waals surface area contributed by atoms with Crippen molar-refractivity contribution < 1.29 is 23.1 Å². The molecule has 21 heavy (non-hydrogen) atoms. The van der Waals surface area contributed by atoms with Gasteiger partial charge in [0.05, 0.1) is 11.7 Å². The van der Waals surface area contributed by atoms with Crippen molar-refractivity contribution in [1.29, 1.82) is 0 Å². The number of β-amino-alcohol motifs (C(OH)–C–C–N with tert-alkyl or cyclic N) is 1. The second kappa shape index (κ2) is 6.30. The van der Waals surface area contributed by atoms with Gasteiger partial charge in [-0.15, -0.1) is 0 Å². The number of benzene rings is 1. The smallest absolute Gasteiger partial charge is 0.391 e. The number of alkyl halides is 3. The van der Waals surface area contributed by atoms with Gasteiger partial charge < -0.3 is 10.0 Å². The summed E-state index contributed by atoms with van der Waals surface area (Å²) in [6, 6.07) is 7.23. The number of amides is 1. The van der Waals surface area contributed by atoms with Gasteiger partial charge in [0, 0.05) is 19.2 Å². The van der Waals surface area contributed by atoms with E-state index in [9.17, 15) is 23.1 Å². The highest BCUT2D eigenvalue weighted by molar-refractivity contribution is 5.96. The highest BCUT2D eigenvalue weighted by Gasteiger charge is 2.36. The molecule has 1 fully saturated rings. The van der Waals surface area contributed by atoms with E-state index in [4.69, 9.17) is 0 Å². The van der Waals surface area contributed by atoms with Gasteiger partial charge in [-0.3, -0.25) is 4.79 Å². The van der Waals surface area contributed by atoms with Crippen molar-refractivity contribution in [1.82, 2.24) is 4.90 Å². The molecule has 0 spiro atoms. The van der Waals surface area contributed by atoms with Gasteiger partial charge in [-0.25, -0.2) is 0 Å². The molecule has 0 bridgehead atoms. The first-order valence-electron chi connectivity index (χ1n) is 6.69. The monoisotopic (exact) mass is 299 g/mol. The quantitative estimate of drug-likeness (QED) is 0.853. The molecular formula is C15H16F3NO2. The summed E-state index contributed by atoms with van der Waals surface area (Å²) in [5, 5.41) is 9.50. The molecule has 1 unspecified atom stereocenters. The van der Waals surface area contributed by atoms with E-state index in [0.717, 1.165) is 0 Å². The maximum atomic E-state index is 13.1. The summed E-state index contributed by atoms with van der Waals surface area (Å²) in [6.07, 6.45) is -3.49. The molecule has 1 aliphatic rings. The SMILES string of the molecule is O=C(C=C(c1ccccc1)C(F)(F)F)N1CCCC(O)C1. The number of nitrogens with zero attached hydrogens (tertiary/aromatic N) is 1. The topological polar surface area (TPSA) is 40.5 Å². The number of hydrogen-bond donors (Lipinski definition) is 1. The van der Waals surface area contributed by atoms with E-state index < -0.39 is 23.8 Å². The van der Waals surface area contributed by atoms with Gasteiger partial charge in [-0.2, -0.15) is 13.2 Å². The van der Waals surface area contributed by atoms with E-state index in [0.29, 0.717) is 25.5 Å². The number of allylic oxidation sites excluding steroid dienone is 1. The third-order valence-electron chi connectivity index (χ3n) is 3.37. The first-order valence-corrected chi connectivity index (χ1v) is 6.69. The third-order valence-corrected chi connectivity index (χ3v) is 3.37. The van der Waals surface area contributed by atoms with Gasteiger partial charge in [0.25, 0.3) is 0 Å². The number of halogens is 3. The van der Waals surface area contributed by atoms with E-state index in [2.05, 4.69) is 0 Å². The molecule has 3 nitrogen and oxygen atoms in total. The molecule has 0 aromatic heterocycles. The molecule has 1 amide bonds. The van der Waals surface area contributed by atoms with Crippen LogP contribution in [0, 0.1) is 0 Å². The maximum Gasteiger partial charge on any atom is 0.417 e. The summed E-state index contributed by atoms with van der Waals surface area (Å²) in [4.78, 5) is 13.3. The summed E-state index contributed by atoms with van der Waals surface area (Å²) in [6.45, 7) is 0.446. The number of carbonyl (C=O) groups is 1. The number of piperidine rings is 1. The summed E-state index contributed by atoms with van der Waals surface area (Å²) in [5.74, 6) is -0.718. The molecule has 6 heteroatoms. The van der Waals surface area contributed by atoms with Gasteiger partial charge in [0.1, 0.15) is 0 Å². The molecule has 1 aromatic rings. The Kier molecular flexibility index (Phi) is 4.67. The molecule has 0 aliphatic carbocycles. The van der Waals surface area contributed by atoms with Crippen molar-refractivity contribution in [2.24, 2.45) is 0 Å². The predicted octanol–water partition coefficient (Wildman–Crippen LogP) is 2.62. The van der Waals surface area contributed by atoms with Crippen molar-refractivity contribution in [2.45, 2.75) is 25.1 Å². The lowest BCUT2D eigenvalue weighted by molar-refractivity contribution is -0.129. The van der Waals surface area contributed by atoms with Gasteiger partial charge in [0.15, 0.2) is 0 Å². The highest BCUT2D eigenvalue weighted by Crippen LogP contribution is 2.33. The molecule has 2 rings (SSSR count). The number of likely N-dealkylation sites (tertiary alicyclic amines) is 1. The molecule has 1 heterocycles. The van der Waals surface area contributed by atoms with Crippen LogP contribution in [0.4, 0.5) is 13.2 Å². The Hall–Kier alpha value is -1.82. The van der Waals surface area contributed by atoms with Crippen LogP contribution in [0.5, 0.6) is 0 Å². The van der Waals surface area contributed by atoms with Crippen LogP contribution >= 0.6 is 0 Å². The standard InChI is InChI=1S/C15H16F3NO2/c16-15(17,18)13(11-5-2-1-3-6-11)9-14(21)19-8-4-7-12(20)10-19/h1-3,5-6,9,12,20H,4,7-8,10H2. The summed E-state index contributed by atoms with van der Waals surface area (Å²) in [5.41, 5.74) is -1.01. The maximum absolute atomic E-state index is 13.1. The average molecular weight is 299 g/mol. The van der Waals surface area contributed by atoms with Crippen molar-refractivity contribution in [3.63, 3.8) is 0 Å². The van der Waals surface area contributed by atoms with E-state index in [1.807, 2.05) is 0 Å². The van der Waals surface area contributed by atoms with E-state index in [1.165, 1.54) is 29.2 Å². The predicted molar refractivity (Wildman–Crippen MR) is 72.3 cm³/mol. The molecule has 1 N–H and O–H groups in total. The second-order valence-corrected chi connectivity index (χ2v) is 5.00. The van der Waals surface area contributed by atoms with E-state index in [-0.39, 0.29) is 12.1 Å². The lowest BCUT2D eigenvalue weighted by atomic mass is 10.0. The molecule has 0 saturated carbocycles. The Morgan fingerprint density at radius 1 is 1.29 bits per heavy atom. The fourth-order valence-electron chi connectivity index (χ4n) is 2.32. The molecule has 1 saturated heterocycles. The van der Waals surface area contributed by atoms with Gasteiger partial charge in [-0.05, 0) is 18.4 Å². The van der Waals surface area contributed by atoms with Crippen LogP contribution in [0.1, 0.15) is 18.4 Å². The fraction of sp³-hybridized carbons (Fsp3) is 0.400. The summed E-state index contributed by atoms with van der Waals surface area (Å²) < 4.78 is 39.4. The Labute approximate surface area is 120 Å². The van der Waals surface area contributed by atoms with Crippen LogP contribution < -0.4 is 0 Å². The average Bonchev–Trinajstić information content (AvgIpc) is 2.44. The zero-order valence-electron chi connectivity index (χ0n) is 11.3.